The van der Waals surface area contributed by atoms with E-state index in [1.807, 2.05) is 12.1 Å². The third kappa shape index (κ3) is 3.70. The van der Waals surface area contributed by atoms with Gasteiger partial charge in [0.15, 0.2) is 0 Å². The molecule has 19 heavy (non-hydrogen) atoms. The number of carbonyl (C=O) groups is 1. The van der Waals surface area contributed by atoms with Crippen molar-refractivity contribution in [2.45, 2.75) is 0 Å². The van der Waals surface area contributed by atoms with E-state index in [0.717, 1.165) is 12.5 Å². The first-order valence-electron chi connectivity index (χ1n) is 5.29. The average molecular weight is 496 g/mol. The van der Waals surface area contributed by atoms with Crippen molar-refractivity contribution in [2.24, 2.45) is 0 Å². The maximum Gasteiger partial charge on any atom is 0.256 e. The molecule has 2 aromatic rings. The molecule has 0 aliphatic heterocycles. The lowest BCUT2D eigenvalue weighted by molar-refractivity contribution is 0.102. The summed E-state index contributed by atoms with van der Waals surface area (Å²) in [7, 11) is 0. The van der Waals surface area contributed by atoms with Crippen LogP contribution in [0.5, 0.6) is 0 Å². The Morgan fingerprint density at radius 2 is 1.89 bits per heavy atom. The van der Waals surface area contributed by atoms with Gasteiger partial charge in [0.2, 0.25) is 0 Å². The molecule has 0 heterocycles. The number of nitrogen functional groups attached to an aromatic ring is 1. The largest absolute Gasteiger partial charge is 0.398 e. The van der Waals surface area contributed by atoms with E-state index in [0.29, 0.717) is 16.9 Å². The van der Waals surface area contributed by atoms with Crippen LogP contribution in [-0.4, -0.2) is 5.91 Å². The lowest BCUT2D eigenvalue weighted by atomic mass is 10.2. The fourth-order valence-corrected chi connectivity index (χ4v) is 2.68. The smallest absolute Gasteiger partial charge is 0.256 e. The van der Waals surface area contributed by atoms with Gasteiger partial charge in [0.1, 0.15) is 0 Å². The third-order valence-corrected chi connectivity index (χ3v) is 4.58. The van der Waals surface area contributed by atoms with Crippen molar-refractivity contribution in [1.82, 2.24) is 0 Å². The van der Waals surface area contributed by atoms with Gasteiger partial charge in [-0.15, -0.1) is 0 Å². The van der Waals surface area contributed by atoms with Crippen LogP contribution in [0.4, 0.5) is 11.4 Å². The predicted molar refractivity (Wildman–Crippen MR) is 93.4 cm³/mol. The first kappa shape index (κ1) is 14.8. The molecule has 0 fully saturated rings. The van der Waals surface area contributed by atoms with Crippen molar-refractivity contribution in [1.29, 1.82) is 0 Å². The number of hydrogen-bond donors (Lipinski definition) is 2. The maximum atomic E-state index is 12.2. The number of nitrogens with two attached hydrogens (primary N) is 1. The number of nitrogens with one attached hydrogen (secondary N) is 1. The Morgan fingerprint density at radius 1 is 1.16 bits per heavy atom. The predicted octanol–water partition coefficient (Wildman–Crippen LogP) is 4.65. The number of halogens is 3. The molecule has 0 saturated heterocycles. The standard InChI is InChI=1S/C13H9Br2IN2O/c14-7-1-4-11(16)9(5-7)13(19)18-8-2-3-10(15)12(17)6-8/h1-6H,17H2,(H,18,19). The summed E-state index contributed by atoms with van der Waals surface area (Å²) in [6.07, 6.45) is 0. The monoisotopic (exact) mass is 494 g/mol. The highest BCUT2D eigenvalue weighted by Crippen LogP contribution is 2.24. The van der Waals surface area contributed by atoms with Gasteiger partial charge < -0.3 is 11.1 Å². The van der Waals surface area contributed by atoms with Crippen molar-refractivity contribution < 1.29 is 4.79 Å². The van der Waals surface area contributed by atoms with Gasteiger partial charge >= 0.3 is 0 Å². The van der Waals surface area contributed by atoms with Gasteiger partial charge in [0, 0.05) is 23.9 Å². The minimum Gasteiger partial charge on any atom is -0.398 e. The summed E-state index contributed by atoms with van der Waals surface area (Å²) in [5.74, 6) is -0.160. The highest BCUT2D eigenvalue weighted by atomic mass is 127. The highest BCUT2D eigenvalue weighted by molar-refractivity contribution is 14.1. The van der Waals surface area contributed by atoms with Crippen molar-refractivity contribution in [3.8, 4) is 0 Å². The first-order valence-corrected chi connectivity index (χ1v) is 7.95. The van der Waals surface area contributed by atoms with E-state index in [-0.39, 0.29) is 5.91 Å². The average Bonchev–Trinajstić information content (AvgIpc) is 2.36. The van der Waals surface area contributed by atoms with Gasteiger partial charge in [0.25, 0.3) is 5.91 Å². The molecule has 0 bridgehead atoms. The van der Waals surface area contributed by atoms with Crippen LogP contribution >= 0.6 is 54.5 Å². The van der Waals surface area contributed by atoms with Gasteiger partial charge in [-0.3, -0.25) is 4.79 Å². The second-order valence-corrected chi connectivity index (χ2v) is 6.75. The Kier molecular flexibility index (Phi) is 4.86. The number of benzene rings is 2. The Bertz CT molecular complexity index is 647. The molecule has 0 aliphatic rings. The molecule has 0 aromatic heterocycles. The Morgan fingerprint density at radius 3 is 2.58 bits per heavy atom. The van der Waals surface area contributed by atoms with E-state index in [1.54, 1.807) is 24.3 Å². The SMILES string of the molecule is Nc1cc(NC(=O)c2cc(Br)ccc2I)ccc1Br. The Balaban J connectivity index is 2.25. The number of carbonyl (C=O) groups excluding carboxylic acids is 1. The molecule has 0 radical (unpaired) electrons. The zero-order valence-electron chi connectivity index (χ0n) is 9.58. The van der Waals surface area contributed by atoms with Crippen LogP contribution in [0.3, 0.4) is 0 Å². The first-order chi connectivity index (χ1) is 8.97. The van der Waals surface area contributed by atoms with Gasteiger partial charge in [-0.05, 0) is 74.9 Å². The molecule has 2 aromatic carbocycles. The number of anilines is 2. The van der Waals surface area contributed by atoms with Crippen LogP contribution in [0.1, 0.15) is 10.4 Å². The van der Waals surface area contributed by atoms with Crippen LogP contribution in [0.15, 0.2) is 45.3 Å². The minimum atomic E-state index is -0.160. The summed E-state index contributed by atoms with van der Waals surface area (Å²) in [5, 5.41) is 2.83. The summed E-state index contributed by atoms with van der Waals surface area (Å²) < 4.78 is 2.57. The minimum absolute atomic E-state index is 0.160. The molecule has 2 rings (SSSR count). The van der Waals surface area contributed by atoms with E-state index >= 15 is 0 Å². The fraction of sp³-hybridized carbons (Fsp3) is 0. The van der Waals surface area contributed by atoms with Crippen molar-refractivity contribution in [2.75, 3.05) is 11.1 Å². The van der Waals surface area contributed by atoms with Crippen LogP contribution < -0.4 is 11.1 Å². The second kappa shape index (κ2) is 6.23. The van der Waals surface area contributed by atoms with Crippen LogP contribution in [0.2, 0.25) is 0 Å². The van der Waals surface area contributed by atoms with Crippen molar-refractivity contribution in [3.05, 3.63) is 54.5 Å². The molecular formula is C13H9Br2IN2O. The normalized spacial score (nSPS) is 10.3. The lowest BCUT2D eigenvalue weighted by Gasteiger charge is -2.08. The maximum absolute atomic E-state index is 12.2. The van der Waals surface area contributed by atoms with Crippen molar-refractivity contribution >= 4 is 71.7 Å². The molecule has 3 N–H and O–H groups in total. The molecular weight excluding hydrogens is 487 g/mol. The van der Waals surface area contributed by atoms with Gasteiger partial charge in [-0.25, -0.2) is 0 Å². The second-order valence-electron chi connectivity index (χ2n) is 3.81. The molecule has 0 saturated carbocycles. The lowest BCUT2D eigenvalue weighted by Crippen LogP contribution is -2.13. The van der Waals surface area contributed by atoms with Gasteiger partial charge in [-0.2, -0.15) is 0 Å². The summed E-state index contributed by atoms with van der Waals surface area (Å²) in [6.45, 7) is 0. The summed E-state index contributed by atoms with van der Waals surface area (Å²) in [4.78, 5) is 12.2. The Labute approximate surface area is 141 Å². The van der Waals surface area contributed by atoms with Crippen LogP contribution in [0, 0.1) is 3.57 Å². The Hall–Kier alpha value is -0.600. The summed E-state index contributed by atoms with van der Waals surface area (Å²) in [5.41, 5.74) is 7.66. The van der Waals surface area contributed by atoms with E-state index in [1.165, 1.54) is 0 Å². The molecule has 3 nitrogen and oxygen atoms in total. The fourth-order valence-electron chi connectivity index (χ4n) is 1.49. The van der Waals surface area contributed by atoms with Crippen LogP contribution in [-0.2, 0) is 0 Å². The van der Waals surface area contributed by atoms with E-state index in [9.17, 15) is 4.79 Å². The van der Waals surface area contributed by atoms with Gasteiger partial charge in [0.05, 0.1) is 5.56 Å². The van der Waals surface area contributed by atoms with Crippen LogP contribution in [0.25, 0.3) is 0 Å². The van der Waals surface area contributed by atoms with E-state index < -0.39 is 0 Å². The zero-order valence-corrected chi connectivity index (χ0v) is 14.9. The molecule has 0 atom stereocenters. The van der Waals surface area contributed by atoms with Crippen molar-refractivity contribution in [3.63, 3.8) is 0 Å². The number of hydrogen-bond acceptors (Lipinski definition) is 2. The van der Waals surface area contributed by atoms with Gasteiger partial charge in [-0.1, -0.05) is 15.9 Å². The zero-order chi connectivity index (χ0) is 14.0. The molecule has 6 heteroatoms. The summed E-state index contributed by atoms with van der Waals surface area (Å²) >= 11 is 8.81. The quantitative estimate of drug-likeness (QED) is 0.471. The number of rotatable bonds is 2. The topological polar surface area (TPSA) is 55.1 Å². The molecule has 98 valence electrons. The highest BCUT2D eigenvalue weighted by Gasteiger charge is 2.11. The third-order valence-electron chi connectivity index (χ3n) is 2.43. The number of amides is 1. The summed E-state index contributed by atoms with van der Waals surface area (Å²) in [6, 6.07) is 10.9. The molecule has 0 unspecified atom stereocenters. The molecule has 0 spiro atoms. The van der Waals surface area contributed by atoms with E-state index in [4.69, 9.17) is 5.73 Å². The molecule has 0 aliphatic carbocycles. The molecule has 1 amide bonds. The van der Waals surface area contributed by atoms with E-state index in [2.05, 4.69) is 59.8 Å².